The Balaban J connectivity index is 1.83. The molecule has 7 heteroatoms. The first-order valence-electron chi connectivity index (χ1n) is 7.59. The van der Waals surface area contributed by atoms with E-state index in [-0.39, 0.29) is 6.04 Å². The molecule has 2 aliphatic heterocycles. The van der Waals surface area contributed by atoms with Crippen LogP contribution in [0.25, 0.3) is 0 Å². The molecule has 0 aliphatic carbocycles. The van der Waals surface area contributed by atoms with Crippen LogP contribution in [0.2, 0.25) is 0 Å². The molecule has 1 saturated heterocycles. The molecule has 3 rings (SSSR count). The van der Waals surface area contributed by atoms with E-state index in [2.05, 4.69) is 0 Å². The lowest BCUT2D eigenvalue weighted by Gasteiger charge is -2.29. The molecule has 122 valence electrons. The standard InChI is InChI=1S/C15H22N2O4S/c1-20-12-14-6-4-8-17(14)22(18,19)16-9-10-21-15-7-3-2-5-13(15)11-16/h2-3,5,7,14H,4,6,8-12H2,1H3/t14-/m0/s1. The summed E-state index contributed by atoms with van der Waals surface area (Å²) in [6, 6.07) is 7.55. The number of nitrogens with zero attached hydrogens (tertiary/aromatic N) is 2. The summed E-state index contributed by atoms with van der Waals surface area (Å²) in [5.41, 5.74) is 0.908. The Morgan fingerprint density at radius 1 is 1.32 bits per heavy atom. The molecule has 0 unspecified atom stereocenters. The minimum Gasteiger partial charge on any atom is -0.492 e. The summed E-state index contributed by atoms with van der Waals surface area (Å²) in [5, 5.41) is 0. The largest absolute Gasteiger partial charge is 0.492 e. The predicted octanol–water partition coefficient (Wildman–Crippen LogP) is 1.24. The Morgan fingerprint density at radius 3 is 2.95 bits per heavy atom. The predicted molar refractivity (Wildman–Crippen MR) is 82.9 cm³/mol. The van der Waals surface area contributed by atoms with Crippen LogP contribution in [0.4, 0.5) is 0 Å². The summed E-state index contributed by atoms with van der Waals surface area (Å²) in [6.07, 6.45) is 1.74. The Bertz CT molecular complexity index is 620. The van der Waals surface area contributed by atoms with Crippen LogP contribution in [0.3, 0.4) is 0 Å². The second-order valence-corrected chi connectivity index (χ2v) is 7.54. The molecule has 0 bridgehead atoms. The molecule has 0 aromatic heterocycles. The molecule has 1 aromatic carbocycles. The van der Waals surface area contributed by atoms with Gasteiger partial charge in [-0.1, -0.05) is 18.2 Å². The van der Waals surface area contributed by atoms with E-state index >= 15 is 0 Å². The quantitative estimate of drug-likeness (QED) is 0.835. The highest BCUT2D eigenvalue weighted by Gasteiger charge is 2.38. The van der Waals surface area contributed by atoms with Crippen molar-refractivity contribution in [2.45, 2.75) is 25.4 Å². The summed E-state index contributed by atoms with van der Waals surface area (Å²) in [4.78, 5) is 0. The van der Waals surface area contributed by atoms with Gasteiger partial charge in [-0.15, -0.1) is 0 Å². The SMILES string of the molecule is COC[C@@H]1CCCN1S(=O)(=O)N1CCOc2ccccc2C1. The summed E-state index contributed by atoms with van der Waals surface area (Å²) in [6.45, 7) is 2.11. The molecular formula is C15H22N2O4S. The maximum absolute atomic E-state index is 13.0. The van der Waals surface area contributed by atoms with Gasteiger partial charge >= 0.3 is 0 Å². The van der Waals surface area contributed by atoms with Gasteiger partial charge in [-0.2, -0.15) is 17.0 Å². The minimum absolute atomic E-state index is 0.0607. The van der Waals surface area contributed by atoms with Crippen molar-refractivity contribution in [2.75, 3.05) is 33.4 Å². The first-order chi connectivity index (χ1) is 10.6. The maximum Gasteiger partial charge on any atom is 0.282 e. The normalized spacial score (nSPS) is 23.8. The van der Waals surface area contributed by atoms with Crippen molar-refractivity contribution in [2.24, 2.45) is 0 Å². The number of para-hydroxylation sites is 1. The first kappa shape index (κ1) is 15.7. The number of fused-ring (bicyclic) bond motifs is 1. The van der Waals surface area contributed by atoms with Gasteiger partial charge in [0, 0.05) is 38.3 Å². The number of benzene rings is 1. The monoisotopic (exact) mass is 326 g/mol. The van der Waals surface area contributed by atoms with Crippen LogP contribution in [0, 0.1) is 0 Å². The molecule has 2 aliphatic rings. The van der Waals surface area contributed by atoms with E-state index in [0.717, 1.165) is 24.2 Å². The highest BCUT2D eigenvalue weighted by Crippen LogP contribution is 2.28. The highest BCUT2D eigenvalue weighted by molar-refractivity contribution is 7.86. The fourth-order valence-electron chi connectivity index (χ4n) is 3.12. The topological polar surface area (TPSA) is 59.1 Å². The number of rotatable bonds is 4. The molecule has 6 nitrogen and oxygen atoms in total. The van der Waals surface area contributed by atoms with Gasteiger partial charge in [-0.25, -0.2) is 0 Å². The Hall–Kier alpha value is -1.15. The van der Waals surface area contributed by atoms with Crippen molar-refractivity contribution in [1.29, 1.82) is 0 Å². The second kappa shape index (κ2) is 6.54. The first-order valence-corrected chi connectivity index (χ1v) is 8.99. The molecular weight excluding hydrogens is 304 g/mol. The molecule has 22 heavy (non-hydrogen) atoms. The molecule has 1 aromatic rings. The minimum atomic E-state index is -3.49. The molecule has 0 amide bonds. The van der Waals surface area contributed by atoms with Crippen molar-refractivity contribution in [3.8, 4) is 5.75 Å². The fourth-order valence-corrected chi connectivity index (χ4v) is 4.93. The van der Waals surface area contributed by atoms with Crippen LogP contribution in [-0.4, -0.2) is 56.5 Å². The van der Waals surface area contributed by atoms with Gasteiger partial charge in [0.2, 0.25) is 0 Å². The van der Waals surface area contributed by atoms with Gasteiger partial charge in [0.1, 0.15) is 12.4 Å². The lowest BCUT2D eigenvalue weighted by Crippen LogP contribution is -2.47. The van der Waals surface area contributed by atoms with Gasteiger partial charge in [0.15, 0.2) is 0 Å². The smallest absolute Gasteiger partial charge is 0.282 e. The number of methoxy groups -OCH3 is 1. The zero-order chi connectivity index (χ0) is 15.6. The maximum atomic E-state index is 13.0. The Labute approximate surface area is 131 Å². The van der Waals surface area contributed by atoms with Gasteiger partial charge in [-0.3, -0.25) is 0 Å². The van der Waals surface area contributed by atoms with E-state index in [1.807, 2.05) is 24.3 Å². The molecule has 0 radical (unpaired) electrons. The van der Waals surface area contributed by atoms with Crippen LogP contribution < -0.4 is 4.74 Å². The van der Waals surface area contributed by atoms with Crippen molar-refractivity contribution in [3.63, 3.8) is 0 Å². The van der Waals surface area contributed by atoms with Gasteiger partial charge in [0.25, 0.3) is 10.2 Å². The third kappa shape index (κ3) is 2.99. The third-order valence-corrected chi connectivity index (χ3v) is 6.26. The fraction of sp³-hybridized carbons (Fsp3) is 0.600. The van der Waals surface area contributed by atoms with E-state index in [9.17, 15) is 8.42 Å². The lowest BCUT2D eigenvalue weighted by molar-refractivity contribution is 0.145. The van der Waals surface area contributed by atoms with E-state index < -0.39 is 10.2 Å². The van der Waals surface area contributed by atoms with Gasteiger partial charge < -0.3 is 9.47 Å². The van der Waals surface area contributed by atoms with Crippen molar-refractivity contribution < 1.29 is 17.9 Å². The molecule has 1 fully saturated rings. The zero-order valence-corrected chi connectivity index (χ0v) is 13.6. The average molecular weight is 326 g/mol. The van der Waals surface area contributed by atoms with E-state index in [1.54, 1.807) is 11.4 Å². The van der Waals surface area contributed by atoms with Crippen LogP contribution in [0.1, 0.15) is 18.4 Å². The van der Waals surface area contributed by atoms with Crippen molar-refractivity contribution in [3.05, 3.63) is 29.8 Å². The van der Waals surface area contributed by atoms with Crippen molar-refractivity contribution in [1.82, 2.24) is 8.61 Å². The molecule has 2 heterocycles. The summed E-state index contributed by atoms with van der Waals surface area (Å²) in [5.74, 6) is 0.773. The van der Waals surface area contributed by atoms with Gasteiger partial charge in [-0.05, 0) is 18.9 Å². The van der Waals surface area contributed by atoms with Crippen LogP contribution in [0.15, 0.2) is 24.3 Å². The van der Waals surface area contributed by atoms with Crippen LogP contribution in [-0.2, 0) is 21.5 Å². The highest BCUT2D eigenvalue weighted by atomic mass is 32.2. The summed E-state index contributed by atoms with van der Waals surface area (Å²) < 4.78 is 39.9. The number of hydrogen-bond donors (Lipinski definition) is 0. The second-order valence-electron chi connectivity index (χ2n) is 5.66. The summed E-state index contributed by atoms with van der Waals surface area (Å²) in [7, 11) is -1.88. The molecule has 1 atom stereocenters. The number of ether oxygens (including phenoxy) is 2. The average Bonchev–Trinajstić information content (AvgIpc) is 2.86. The van der Waals surface area contributed by atoms with E-state index in [0.29, 0.717) is 32.8 Å². The van der Waals surface area contributed by atoms with E-state index in [4.69, 9.17) is 9.47 Å². The third-order valence-electron chi connectivity index (χ3n) is 4.22. The molecule has 0 N–H and O–H groups in total. The van der Waals surface area contributed by atoms with E-state index in [1.165, 1.54) is 4.31 Å². The van der Waals surface area contributed by atoms with Gasteiger partial charge in [0.05, 0.1) is 6.61 Å². The lowest BCUT2D eigenvalue weighted by atomic mass is 10.2. The number of hydrogen-bond acceptors (Lipinski definition) is 4. The Kier molecular flexibility index (Phi) is 4.67. The van der Waals surface area contributed by atoms with Crippen molar-refractivity contribution >= 4 is 10.2 Å². The molecule has 0 spiro atoms. The Morgan fingerprint density at radius 2 is 2.14 bits per heavy atom. The van der Waals surface area contributed by atoms with Crippen LogP contribution >= 0.6 is 0 Å². The molecule has 0 saturated carbocycles. The summed E-state index contributed by atoms with van der Waals surface area (Å²) >= 11 is 0. The van der Waals surface area contributed by atoms with Crippen LogP contribution in [0.5, 0.6) is 5.75 Å². The zero-order valence-electron chi connectivity index (χ0n) is 12.8.